The summed E-state index contributed by atoms with van der Waals surface area (Å²) in [7, 11) is 1.71. The summed E-state index contributed by atoms with van der Waals surface area (Å²) in [6.45, 7) is 0.685. The molecule has 2 aliphatic heterocycles. The molecule has 0 radical (unpaired) electrons. The predicted molar refractivity (Wildman–Crippen MR) is 77.6 cm³/mol. The molecular formula is C17H17NO2. The molecule has 0 aliphatic carbocycles. The molecule has 2 atom stereocenters. The van der Waals surface area contributed by atoms with E-state index in [9.17, 15) is 0 Å². The monoisotopic (exact) mass is 267 g/mol. The summed E-state index contributed by atoms with van der Waals surface area (Å²) in [4.78, 5) is 0. The lowest BCUT2D eigenvalue weighted by atomic mass is 9.72. The molecule has 1 saturated heterocycles. The first-order valence-corrected chi connectivity index (χ1v) is 6.95. The van der Waals surface area contributed by atoms with Crippen molar-refractivity contribution in [3.05, 3.63) is 65.7 Å². The van der Waals surface area contributed by atoms with Gasteiger partial charge in [-0.05, 0) is 23.6 Å². The summed E-state index contributed by atoms with van der Waals surface area (Å²) in [5.41, 5.74) is 3.31. The Morgan fingerprint density at radius 2 is 1.80 bits per heavy atom. The highest BCUT2D eigenvalue weighted by Crippen LogP contribution is 2.57. The quantitative estimate of drug-likeness (QED) is 0.907. The smallest absolute Gasteiger partial charge is 0.263 e. The number of nitrogens with one attached hydrogen (secondary N) is 1. The van der Waals surface area contributed by atoms with Crippen LogP contribution in [0.4, 0.5) is 5.69 Å². The molecule has 2 aromatic carbocycles. The van der Waals surface area contributed by atoms with Crippen molar-refractivity contribution in [3.63, 3.8) is 0 Å². The largest absolute Gasteiger partial charge is 0.335 e. The third-order valence-electron chi connectivity index (χ3n) is 4.58. The second-order valence-electron chi connectivity index (χ2n) is 5.36. The zero-order valence-electron chi connectivity index (χ0n) is 11.4. The number of para-hydroxylation sites is 1. The van der Waals surface area contributed by atoms with Crippen molar-refractivity contribution >= 4 is 5.69 Å². The number of rotatable bonds is 2. The highest BCUT2D eigenvalue weighted by Gasteiger charge is 2.64. The minimum absolute atomic E-state index is 0.278. The maximum absolute atomic E-state index is 6.02. The standard InChI is InChI=1S/C17H17NO2/c1-19-17-16(11-12-20-17,13-7-3-2-4-8-13)14-9-5-6-10-15(14)18-17/h2-10,18H,11-12H2,1H3. The van der Waals surface area contributed by atoms with Gasteiger partial charge in [-0.25, -0.2) is 0 Å². The van der Waals surface area contributed by atoms with Crippen LogP contribution in [0.15, 0.2) is 54.6 Å². The predicted octanol–water partition coefficient (Wildman–Crippen LogP) is 3.12. The third-order valence-corrected chi connectivity index (χ3v) is 4.58. The molecule has 4 rings (SSSR count). The average Bonchev–Trinajstić information content (AvgIpc) is 3.00. The van der Waals surface area contributed by atoms with E-state index in [1.807, 2.05) is 12.1 Å². The normalized spacial score (nSPS) is 30.6. The molecule has 0 bridgehead atoms. The molecule has 2 aliphatic rings. The van der Waals surface area contributed by atoms with Gasteiger partial charge in [0.15, 0.2) is 0 Å². The molecule has 0 amide bonds. The Kier molecular flexibility index (Phi) is 2.43. The Morgan fingerprint density at radius 1 is 1.05 bits per heavy atom. The van der Waals surface area contributed by atoms with Crippen molar-refractivity contribution in [2.45, 2.75) is 17.7 Å². The number of fused-ring (bicyclic) bond motifs is 3. The molecule has 102 valence electrons. The van der Waals surface area contributed by atoms with Gasteiger partial charge in [0.1, 0.15) is 0 Å². The van der Waals surface area contributed by atoms with Gasteiger partial charge in [-0.15, -0.1) is 0 Å². The second kappa shape index (κ2) is 4.08. The zero-order valence-corrected chi connectivity index (χ0v) is 11.4. The lowest BCUT2D eigenvalue weighted by Crippen LogP contribution is -2.51. The fraction of sp³-hybridized carbons (Fsp3) is 0.294. The second-order valence-corrected chi connectivity index (χ2v) is 5.36. The molecule has 0 saturated carbocycles. The van der Waals surface area contributed by atoms with E-state index >= 15 is 0 Å². The van der Waals surface area contributed by atoms with Gasteiger partial charge >= 0.3 is 0 Å². The number of hydrogen-bond donors (Lipinski definition) is 1. The molecule has 20 heavy (non-hydrogen) atoms. The Hall–Kier alpha value is -1.84. The summed E-state index contributed by atoms with van der Waals surface area (Å²) >= 11 is 0. The lowest BCUT2D eigenvalue weighted by molar-refractivity contribution is -0.191. The van der Waals surface area contributed by atoms with Crippen LogP contribution in [0.25, 0.3) is 0 Å². The van der Waals surface area contributed by atoms with E-state index < -0.39 is 5.91 Å². The Bertz CT molecular complexity index is 642. The number of ether oxygens (including phenoxy) is 2. The van der Waals surface area contributed by atoms with Crippen molar-refractivity contribution < 1.29 is 9.47 Å². The summed E-state index contributed by atoms with van der Waals surface area (Å²) < 4.78 is 11.9. The van der Waals surface area contributed by atoms with E-state index in [-0.39, 0.29) is 5.41 Å². The summed E-state index contributed by atoms with van der Waals surface area (Å²) in [6, 6.07) is 18.9. The van der Waals surface area contributed by atoms with Crippen LogP contribution in [0.3, 0.4) is 0 Å². The van der Waals surface area contributed by atoms with Crippen LogP contribution in [0.2, 0.25) is 0 Å². The molecule has 3 nitrogen and oxygen atoms in total. The summed E-state index contributed by atoms with van der Waals surface area (Å²) in [5, 5.41) is 3.45. The fourth-order valence-electron chi connectivity index (χ4n) is 3.73. The van der Waals surface area contributed by atoms with Crippen molar-refractivity contribution in [2.24, 2.45) is 0 Å². The Balaban J connectivity index is 2.02. The van der Waals surface area contributed by atoms with Crippen LogP contribution < -0.4 is 5.32 Å². The third kappa shape index (κ3) is 1.27. The average molecular weight is 267 g/mol. The number of benzene rings is 2. The molecule has 0 aromatic heterocycles. The van der Waals surface area contributed by atoms with E-state index in [4.69, 9.17) is 9.47 Å². The molecule has 2 aromatic rings. The summed E-state index contributed by atoms with van der Waals surface area (Å²) in [5.74, 6) is -0.794. The summed E-state index contributed by atoms with van der Waals surface area (Å²) in [6.07, 6.45) is 0.912. The maximum Gasteiger partial charge on any atom is 0.263 e. The van der Waals surface area contributed by atoms with Gasteiger partial charge in [-0.3, -0.25) is 0 Å². The molecule has 0 spiro atoms. The van der Waals surface area contributed by atoms with Gasteiger partial charge < -0.3 is 14.8 Å². The van der Waals surface area contributed by atoms with Crippen LogP contribution in [-0.2, 0) is 14.9 Å². The fourth-order valence-corrected chi connectivity index (χ4v) is 3.73. The van der Waals surface area contributed by atoms with Gasteiger partial charge in [-0.2, -0.15) is 0 Å². The first-order valence-electron chi connectivity index (χ1n) is 6.95. The van der Waals surface area contributed by atoms with E-state index in [1.54, 1.807) is 7.11 Å². The topological polar surface area (TPSA) is 30.5 Å². The lowest BCUT2D eigenvalue weighted by Gasteiger charge is -2.38. The number of anilines is 1. The van der Waals surface area contributed by atoms with Crippen molar-refractivity contribution in [3.8, 4) is 0 Å². The van der Waals surface area contributed by atoms with Crippen LogP contribution in [-0.4, -0.2) is 19.6 Å². The van der Waals surface area contributed by atoms with E-state index in [0.717, 1.165) is 12.1 Å². The van der Waals surface area contributed by atoms with Crippen LogP contribution >= 0.6 is 0 Å². The van der Waals surface area contributed by atoms with Crippen LogP contribution in [0.1, 0.15) is 17.5 Å². The van der Waals surface area contributed by atoms with Gasteiger partial charge in [0, 0.05) is 12.8 Å². The Morgan fingerprint density at radius 3 is 2.60 bits per heavy atom. The molecule has 1 N–H and O–H groups in total. The first-order chi connectivity index (χ1) is 9.82. The highest BCUT2D eigenvalue weighted by molar-refractivity contribution is 5.67. The van der Waals surface area contributed by atoms with Crippen molar-refractivity contribution in [1.82, 2.24) is 0 Å². The van der Waals surface area contributed by atoms with Gasteiger partial charge in [-0.1, -0.05) is 48.5 Å². The molecule has 3 heteroatoms. The highest BCUT2D eigenvalue weighted by atomic mass is 16.7. The van der Waals surface area contributed by atoms with E-state index in [2.05, 4.69) is 47.8 Å². The number of methoxy groups -OCH3 is 1. The van der Waals surface area contributed by atoms with Gasteiger partial charge in [0.2, 0.25) is 0 Å². The minimum Gasteiger partial charge on any atom is -0.335 e. The minimum atomic E-state index is -0.794. The van der Waals surface area contributed by atoms with E-state index in [0.29, 0.717) is 6.61 Å². The zero-order chi connectivity index (χ0) is 13.6. The van der Waals surface area contributed by atoms with Gasteiger partial charge in [0.25, 0.3) is 5.91 Å². The Labute approximate surface area is 118 Å². The van der Waals surface area contributed by atoms with E-state index in [1.165, 1.54) is 11.1 Å². The first kappa shape index (κ1) is 11.9. The van der Waals surface area contributed by atoms with Crippen LogP contribution in [0, 0.1) is 0 Å². The van der Waals surface area contributed by atoms with Crippen molar-refractivity contribution in [1.29, 1.82) is 0 Å². The molecular weight excluding hydrogens is 250 g/mol. The van der Waals surface area contributed by atoms with Crippen molar-refractivity contribution in [2.75, 3.05) is 19.0 Å². The molecule has 2 heterocycles. The number of hydrogen-bond acceptors (Lipinski definition) is 3. The van der Waals surface area contributed by atoms with Crippen LogP contribution in [0.5, 0.6) is 0 Å². The maximum atomic E-state index is 6.02. The van der Waals surface area contributed by atoms with Gasteiger partial charge in [0.05, 0.1) is 12.0 Å². The molecule has 1 fully saturated rings. The molecule has 2 unspecified atom stereocenters. The SMILES string of the molecule is COC12Nc3ccccc3C1(c1ccccc1)CCO2.